The van der Waals surface area contributed by atoms with Crippen LogP contribution in [-0.4, -0.2) is 34.6 Å². The Bertz CT molecular complexity index is 197. The number of carbonyl (C=O) groups is 1. The summed E-state index contributed by atoms with van der Waals surface area (Å²) in [7, 11) is 0. The van der Waals surface area contributed by atoms with E-state index in [1.807, 2.05) is 30.9 Å². The summed E-state index contributed by atoms with van der Waals surface area (Å²) >= 11 is 0. The molecule has 0 heterocycles. The largest absolute Gasteiger partial charge is 0.480 e. The second kappa shape index (κ2) is 5.02. The number of rotatable bonds is 5. The standard InChI is InChI=1S/C10H19NO2/c1-5-7-8-11(6-2)10(3,4)9(12)13/h5,7H,6,8H2,1-4H3,(H,12,13). The molecular formula is C10H19NO2. The van der Waals surface area contributed by atoms with Gasteiger partial charge in [-0.2, -0.15) is 0 Å². The Hall–Kier alpha value is -0.830. The van der Waals surface area contributed by atoms with Gasteiger partial charge in [0.2, 0.25) is 0 Å². The molecule has 76 valence electrons. The number of hydrogen-bond donors (Lipinski definition) is 1. The summed E-state index contributed by atoms with van der Waals surface area (Å²) in [6, 6.07) is 0. The Kier molecular flexibility index (Phi) is 4.70. The molecule has 0 bridgehead atoms. The highest BCUT2D eigenvalue weighted by Gasteiger charge is 2.32. The summed E-state index contributed by atoms with van der Waals surface area (Å²) in [5, 5.41) is 8.98. The number of aliphatic carboxylic acids is 1. The van der Waals surface area contributed by atoms with E-state index in [4.69, 9.17) is 5.11 Å². The molecule has 0 atom stereocenters. The van der Waals surface area contributed by atoms with E-state index >= 15 is 0 Å². The van der Waals surface area contributed by atoms with E-state index in [1.165, 1.54) is 0 Å². The summed E-state index contributed by atoms with van der Waals surface area (Å²) in [5.74, 6) is -0.779. The highest BCUT2D eigenvalue weighted by molar-refractivity contribution is 5.77. The fourth-order valence-electron chi connectivity index (χ4n) is 1.12. The van der Waals surface area contributed by atoms with Gasteiger partial charge in [-0.3, -0.25) is 9.69 Å². The molecule has 0 radical (unpaired) electrons. The number of carboxylic acids is 1. The Morgan fingerprint density at radius 3 is 2.38 bits per heavy atom. The molecule has 0 fully saturated rings. The zero-order valence-corrected chi connectivity index (χ0v) is 8.87. The van der Waals surface area contributed by atoms with Crippen molar-refractivity contribution in [3.63, 3.8) is 0 Å². The lowest BCUT2D eigenvalue weighted by atomic mass is 10.0. The number of allylic oxidation sites excluding steroid dienone is 1. The van der Waals surface area contributed by atoms with Gasteiger partial charge in [0, 0.05) is 6.54 Å². The van der Waals surface area contributed by atoms with Crippen LogP contribution in [0.2, 0.25) is 0 Å². The van der Waals surface area contributed by atoms with Crippen molar-refractivity contribution in [2.75, 3.05) is 13.1 Å². The van der Waals surface area contributed by atoms with Crippen molar-refractivity contribution in [2.45, 2.75) is 33.2 Å². The predicted molar refractivity (Wildman–Crippen MR) is 53.8 cm³/mol. The molecule has 0 aliphatic carbocycles. The molecule has 0 aliphatic heterocycles. The molecule has 0 rings (SSSR count). The number of nitrogens with zero attached hydrogens (tertiary/aromatic N) is 1. The van der Waals surface area contributed by atoms with Gasteiger partial charge < -0.3 is 5.11 Å². The van der Waals surface area contributed by atoms with Gasteiger partial charge in [0.15, 0.2) is 0 Å². The van der Waals surface area contributed by atoms with Crippen molar-refractivity contribution in [3.05, 3.63) is 12.2 Å². The van der Waals surface area contributed by atoms with Crippen LogP contribution in [-0.2, 0) is 4.79 Å². The van der Waals surface area contributed by atoms with Gasteiger partial charge in [-0.15, -0.1) is 0 Å². The van der Waals surface area contributed by atoms with E-state index < -0.39 is 11.5 Å². The average Bonchev–Trinajstić information content (AvgIpc) is 2.05. The molecular weight excluding hydrogens is 166 g/mol. The Balaban J connectivity index is 4.46. The van der Waals surface area contributed by atoms with Crippen LogP contribution >= 0.6 is 0 Å². The van der Waals surface area contributed by atoms with Crippen LogP contribution in [0.5, 0.6) is 0 Å². The molecule has 1 N–H and O–H groups in total. The lowest BCUT2D eigenvalue weighted by molar-refractivity contribution is -0.148. The number of carboxylic acid groups (broad SMARTS) is 1. The predicted octanol–water partition coefficient (Wildman–Crippen LogP) is 1.75. The van der Waals surface area contributed by atoms with Gasteiger partial charge in [0.05, 0.1) is 0 Å². The highest BCUT2D eigenvalue weighted by atomic mass is 16.4. The van der Waals surface area contributed by atoms with Gasteiger partial charge in [-0.25, -0.2) is 0 Å². The first-order valence-electron chi connectivity index (χ1n) is 4.56. The smallest absolute Gasteiger partial charge is 0.323 e. The molecule has 13 heavy (non-hydrogen) atoms. The van der Waals surface area contributed by atoms with Crippen LogP contribution < -0.4 is 0 Å². The monoisotopic (exact) mass is 185 g/mol. The van der Waals surface area contributed by atoms with E-state index in [1.54, 1.807) is 13.8 Å². The number of hydrogen-bond acceptors (Lipinski definition) is 2. The van der Waals surface area contributed by atoms with Crippen LogP contribution in [0.3, 0.4) is 0 Å². The van der Waals surface area contributed by atoms with Gasteiger partial charge >= 0.3 is 5.97 Å². The molecule has 0 unspecified atom stereocenters. The first-order valence-corrected chi connectivity index (χ1v) is 4.56. The van der Waals surface area contributed by atoms with Gasteiger partial charge in [0.25, 0.3) is 0 Å². The summed E-state index contributed by atoms with van der Waals surface area (Å²) < 4.78 is 0. The van der Waals surface area contributed by atoms with Crippen LogP contribution in [0.25, 0.3) is 0 Å². The quantitative estimate of drug-likeness (QED) is 0.663. The third-order valence-corrected chi connectivity index (χ3v) is 2.26. The molecule has 0 amide bonds. The fraction of sp³-hybridized carbons (Fsp3) is 0.700. The minimum Gasteiger partial charge on any atom is -0.480 e. The number of likely N-dealkylation sites (N-methyl/N-ethyl adjacent to an activating group) is 1. The van der Waals surface area contributed by atoms with Gasteiger partial charge in [-0.05, 0) is 27.3 Å². The molecule has 3 nitrogen and oxygen atoms in total. The van der Waals surface area contributed by atoms with E-state index in [0.717, 1.165) is 6.54 Å². The zero-order chi connectivity index (χ0) is 10.5. The van der Waals surface area contributed by atoms with Crippen molar-refractivity contribution in [2.24, 2.45) is 0 Å². The van der Waals surface area contributed by atoms with Crippen LogP contribution in [0.4, 0.5) is 0 Å². The van der Waals surface area contributed by atoms with E-state index in [2.05, 4.69) is 0 Å². The van der Waals surface area contributed by atoms with E-state index in [9.17, 15) is 4.79 Å². The van der Waals surface area contributed by atoms with E-state index in [0.29, 0.717) is 6.54 Å². The van der Waals surface area contributed by atoms with Crippen LogP contribution in [0.1, 0.15) is 27.7 Å². The summed E-state index contributed by atoms with van der Waals surface area (Å²) in [4.78, 5) is 12.8. The van der Waals surface area contributed by atoms with Crippen molar-refractivity contribution in [1.82, 2.24) is 4.90 Å². The second-order valence-electron chi connectivity index (χ2n) is 3.47. The maximum atomic E-state index is 10.9. The maximum Gasteiger partial charge on any atom is 0.323 e. The van der Waals surface area contributed by atoms with Crippen molar-refractivity contribution < 1.29 is 9.90 Å². The molecule has 0 aromatic rings. The van der Waals surface area contributed by atoms with Gasteiger partial charge in [-0.1, -0.05) is 19.1 Å². The Morgan fingerprint density at radius 2 is 2.08 bits per heavy atom. The lowest BCUT2D eigenvalue weighted by Crippen LogP contribution is -2.50. The third kappa shape index (κ3) is 3.19. The first-order chi connectivity index (χ1) is 5.96. The van der Waals surface area contributed by atoms with Crippen molar-refractivity contribution >= 4 is 5.97 Å². The minimum atomic E-state index is -0.783. The third-order valence-electron chi connectivity index (χ3n) is 2.26. The normalized spacial score (nSPS) is 12.7. The van der Waals surface area contributed by atoms with Crippen molar-refractivity contribution in [3.8, 4) is 0 Å². The molecule has 0 spiro atoms. The summed E-state index contributed by atoms with van der Waals surface area (Å²) in [6.07, 6.45) is 3.90. The first kappa shape index (κ1) is 12.2. The maximum absolute atomic E-state index is 10.9. The SMILES string of the molecule is CC=CCN(CC)C(C)(C)C(=O)O. The van der Waals surface area contributed by atoms with Crippen LogP contribution in [0, 0.1) is 0 Å². The average molecular weight is 185 g/mol. The lowest BCUT2D eigenvalue weighted by Gasteiger charge is -2.33. The molecule has 3 heteroatoms. The molecule has 0 aliphatic rings. The Morgan fingerprint density at radius 1 is 1.54 bits per heavy atom. The minimum absolute atomic E-state index is 0.687. The fourth-order valence-corrected chi connectivity index (χ4v) is 1.12. The second-order valence-corrected chi connectivity index (χ2v) is 3.47. The molecule has 0 saturated carbocycles. The van der Waals surface area contributed by atoms with Crippen molar-refractivity contribution in [1.29, 1.82) is 0 Å². The van der Waals surface area contributed by atoms with Gasteiger partial charge in [0.1, 0.15) is 5.54 Å². The highest BCUT2D eigenvalue weighted by Crippen LogP contribution is 2.13. The summed E-state index contributed by atoms with van der Waals surface area (Å²) in [6.45, 7) is 8.77. The van der Waals surface area contributed by atoms with Crippen LogP contribution in [0.15, 0.2) is 12.2 Å². The molecule has 0 aromatic heterocycles. The Labute approximate surface area is 80.0 Å². The summed E-state index contributed by atoms with van der Waals surface area (Å²) in [5.41, 5.74) is -0.783. The van der Waals surface area contributed by atoms with E-state index in [-0.39, 0.29) is 0 Å². The zero-order valence-electron chi connectivity index (χ0n) is 8.87. The topological polar surface area (TPSA) is 40.5 Å². The molecule has 0 aromatic carbocycles. The molecule has 0 saturated heterocycles.